The van der Waals surface area contributed by atoms with E-state index in [1.807, 2.05) is 0 Å². The molecule has 0 amide bonds. The largest absolute Gasteiger partial charge is 0.344 e. The molecule has 0 aromatic rings. The standard InChI is InChI=1S/C23H34O2/c1-4-16-6-8-19-18-7-5-17-15-23(24-13-14-25-23)12-11-22(17,3)20(18)9-10-21(16,19)2/h4,15,18-20H,5-14H2,1-3H3/b16-4+/t18?,19?,20?,21-,22+/m0/s1. The van der Waals surface area contributed by atoms with Crippen molar-refractivity contribution < 1.29 is 9.47 Å². The van der Waals surface area contributed by atoms with Gasteiger partial charge in [0.05, 0.1) is 13.2 Å². The molecule has 3 saturated carbocycles. The molecule has 2 nitrogen and oxygen atoms in total. The van der Waals surface area contributed by atoms with E-state index in [0.29, 0.717) is 10.8 Å². The number of hydrogen-bond acceptors (Lipinski definition) is 2. The predicted molar refractivity (Wildman–Crippen MR) is 100 cm³/mol. The summed E-state index contributed by atoms with van der Waals surface area (Å²) in [6, 6.07) is 0. The Labute approximate surface area is 153 Å². The smallest absolute Gasteiger partial charge is 0.188 e. The van der Waals surface area contributed by atoms with Crippen LogP contribution in [0.3, 0.4) is 0 Å². The Morgan fingerprint density at radius 2 is 1.68 bits per heavy atom. The van der Waals surface area contributed by atoms with E-state index in [4.69, 9.17) is 9.47 Å². The highest BCUT2D eigenvalue weighted by Crippen LogP contribution is 2.67. The molecule has 0 radical (unpaired) electrons. The fourth-order valence-corrected chi connectivity index (χ4v) is 7.70. The van der Waals surface area contributed by atoms with E-state index >= 15 is 0 Å². The van der Waals surface area contributed by atoms with E-state index in [2.05, 4.69) is 32.9 Å². The monoisotopic (exact) mass is 342 g/mol. The molecular formula is C23H34O2. The summed E-state index contributed by atoms with van der Waals surface area (Å²) in [6.07, 6.45) is 15.4. The summed E-state index contributed by atoms with van der Waals surface area (Å²) in [7, 11) is 0. The van der Waals surface area contributed by atoms with Gasteiger partial charge in [-0.2, -0.15) is 0 Å². The molecule has 1 heterocycles. The van der Waals surface area contributed by atoms with Crippen LogP contribution in [-0.2, 0) is 9.47 Å². The number of rotatable bonds is 0. The molecule has 0 N–H and O–H groups in total. The predicted octanol–water partition coefficient (Wildman–Crippen LogP) is 5.64. The zero-order valence-corrected chi connectivity index (χ0v) is 16.3. The Hall–Kier alpha value is -0.600. The highest BCUT2D eigenvalue weighted by Gasteiger charge is 2.58. The maximum atomic E-state index is 6.02. The molecule has 138 valence electrons. The maximum Gasteiger partial charge on any atom is 0.188 e. The minimum Gasteiger partial charge on any atom is -0.344 e. The molecule has 1 aliphatic heterocycles. The van der Waals surface area contributed by atoms with Gasteiger partial charge < -0.3 is 9.47 Å². The Kier molecular flexibility index (Phi) is 3.61. The fourth-order valence-electron chi connectivity index (χ4n) is 7.70. The molecule has 1 saturated heterocycles. The SMILES string of the molecule is C/C=C1\CCC2C3CCC4=CC5(CC[C@@]4(C)C3CC[C@@]12C)OCCO5. The van der Waals surface area contributed by atoms with Crippen LogP contribution in [0.5, 0.6) is 0 Å². The van der Waals surface area contributed by atoms with Gasteiger partial charge >= 0.3 is 0 Å². The Morgan fingerprint density at radius 3 is 2.44 bits per heavy atom. The minimum absolute atomic E-state index is 0.365. The number of fused-ring (bicyclic) bond motifs is 5. The normalized spacial score (nSPS) is 49.6. The van der Waals surface area contributed by atoms with Crippen LogP contribution >= 0.6 is 0 Å². The van der Waals surface area contributed by atoms with Gasteiger partial charge in [0, 0.05) is 6.42 Å². The van der Waals surface area contributed by atoms with E-state index in [0.717, 1.165) is 37.4 Å². The van der Waals surface area contributed by atoms with Crippen LogP contribution in [0, 0.1) is 28.6 Å². The average molecular weight is 343 g/mol. The minimum atomic E-state index is -0.365. The first-order valence-electron chi connectivity index (χ1n) is 10.7. The fraction of sp³-hybridized carbons (Fsp3) is 0.826. The van der Waals surface area contributed by atoms with Gasteiger partial charge in [-0.1, -0.05) is 31.1 Å². The summed E-state index contributed by atoms with van der Waals surface area (Å²) >= 11 is 0. The first-order valence-corrected chi connectivity index (χ1v) is 10.7. The lowest BCUT2D eigenvalue weighted by Gasteiger charge is -2.58. The van der Waals surface area contributed by atoms with Crippen LogP contribution in [0.2, 0.25) is 0 Å². The summed E-state index contributed by atoms with van der Waals surface area (Å²) in [5.74, 6) is 2.36. The molecule has 4 fully saturated rings. The zero-order valence-electron chi connectivity index (χ0n) is 16.3. The van der Waals surface area contributed by atoms with Crippen molar-refractivity contribution in [3.63, 3.8) is 0 Å². The Bertz CT molecular complexity index is 626. The molecule has 5 atom stereocenters. The third-order valence-electron chi connectivity index (χ3n) is 9.10. The zero-order chi connectivity index (χ0) is 17.3. The van der Waals surface area contributed by atoms with Crippen molar-refractivity contribution in [1.82, 2.24) is 0 Å². The van der Waals surface area contributed by atoms with Crippen molar-refractivity contribution in [2.75, 3.05) is 13.2 Å². The first kappa shape index (κ1) is 16.6. The summed E-state index contributed by atoms with van der Waals surface area (Å²) < 4.78 is 12.0. The molecule has 25 heavy (non-hydrogen) atoms. The molecular weight excluding hydrogens is 308 g/mol. The lowest BCUT2D eigenvalue weighted by atomic mass is 9.47. The van der Waals surface area contributed by atoms with E-state index in [-0.39, 0.29) is 5.79 Å². The molecule has 5 rings (SSSR count). The average Bonchev–Trinajstić information content (AvgIpc) is 3.19. The van der Waals surface area contributed by atoms with E-state index in [9.17, 15) is 0 Å². The Balaban J connectivity index is 1.47. The van der Waals surface area contributed by atoms with Crippen LogP contribution in [0.1, 0.15) is 72.1 Å². The molecule has 1 spiro atoms. The number of hydrogen-bond donors (Lipinski definition) is 0. The summed E-state index contributed by atoms with van der Waals surface area (Å²) in [4.78, 5) is 0. The third-order valence-corrected chi connectivity index (χ3v) is 9.10. The molecule has 4 aliphatic carbocycles. The highest BCUT2D eigenvalue weighted by molar-refractivity contribution is 5.30. The van der Waals surface area contributed by atoms with Gasteiger partial charge in [0.2, 0.25) is 0 Å². The topological polar surface area (TPSA) is 18.5 Å². The molecule has 0 aromatic heterocycles. The van der Waals surface area contributed by atoms with Gasteiger partial charge in [-0.25, -0.2) is 0 Å². The third kappa shape index (κ3) is 2.16. The summed E-state index contributed by atoms with van der Waals surface area (Å²) in [5, 5.41) is 0. The van der Waals surface area contributed by atoms with Crippen molar-refractivity contribution in [2.45, 2.75) is 77.9 Å². The molecule has 2 heteroatoms. The second kappa shape index (κ2) is 5.45. The highest BCUT2D eigenvalue weighted by atomic mass is 16.7. The molecule has 0 bridgehead atoms. The molecule has 3 unspecified atom stereocenters. The quantitative estimate of drug-likeness (QED) is 0.530. The van der Waals surface area contributed by atoms with Crippen molar-refractivity contribution in [2.24, 2.45) is 28.6 Å². The van der Waals surface area contributed by atoms with Crippen LogP contribution in [0.25, 0.3) is 0 Å². The summed E-state index contributed by atoms with van der Waals surface area (Å²) in [6.45, 7) is 8.95. The second-order valence-corrected chi connectivity index (χ2v) is 9.82. The number of allylic oxidation sites excluding steroid dienone is 3. The van der Waals surface area contributed by atoms with Gasteiger partial charge in [-0.05, 0) is 86.5 Å². The van der Waals surface area contributed by atoms with Crippen LogP contribution in [-0.4, -0.2) is 19.0 Å². The van der Waals surface area contributed by atoms with Crippen molar-refractivity contribution >= 4 is 0 Å². The van der Waals surface area contributed by atoms with E-state index < -0.39 is 0 Å². The first-order chi connectivity index (χ1) is 12.0. The van der Waals surface area contributed by atoms with Gasteiger partial charge in [0.15, 0.2) is 5.79 Å². The lowest BCUT2D eigenvalue weighted by Crippen LogP contribution is -2.51. The van der Waals surface area contributed by atoms with Gasteiger partial charge in [0.25, 0.3) is 0 Å². The van der Waals surface area contributed by atoms with E-state index in [1.54, 1.807) is 11.1 Å². The van der Waals surface area contributed by atoms with Crippen molar-refractivity contribution in [1.29, 1.82) is 0 Å². The lowest BCUT2D eigenvalue weighted by molar-refractivity contribution is -0.142. The molecule has 5 aliphatic rings. The van der Waals surface area contributed by atoms with Gasteiger partial charge in [0.1, 0.15) is 0 Å². The van der Waals surface area contributed by atoms with Crippen LogP contribution in [0.4, 0.5) is 0 Å². The second-order valence-electron chi connectivity index (χ2n) is 9.82. The van der Waals surface area contributed by atoms with Gasteiger partial charge in [-0.3, -0.25) is 0 Å². The number of ether oxygens (including phenoxy) is 2. The Morgan fingerprint density at radius 1 is 0.920 bits per heavy atom. The van der Waals surface area contributed by atoms with Crippen LogP contribution < -0.4 is 0 Å². The van der Waals surface area contributed by atoms with Crippen LogP contribution in [0.15, 0.2) is 23.3 Å². The summed E-state index contributed by atoms with van der Waals surface area (Å²) in [5.41, 5.74) is 4.32. The van der Waals surface area contributed by atoms with Crippen molar-refractivity contribution in [3.05, 3.63) is 23.3 Å². The van der Waals surface area contributed by atoms with Crippen molar-refractivity contribution in [3.8, 4) is 0 Å². The van der Waals surface area contributed by atoms with E-state index in [1.165, 1.54) is 44.9 Å². The molecule has 0 aromatic carbocycles. The van der Waals surface area contributed by atoms with Gasteiger partial charge in [-0.15, -0.1) is 0 Å². The maximum absolute atomic E-state index is 6.02.